The molecule has 2 radical (unpaired) electrons. The molecule has 0 aromatic rings. The van der Waals surface area contributed by atoms with Crippen LogP contribution in [0.25, 0.3) is 0 Å². The standard InChI is InChI=1S/B5ClH4/c6-4-3-5-1-2-5/h1-3,5H/q-2. The van der Waals surface area contributed by atoms with Gasteiger partial charge in [-0.3, -0.25) is 13.6 Å². The highest BCUT2D eigenvalue weighted by Crippen LogP contribution is 1.87. The monoisotopic (exact) mass is 94.0 g/mol. The fourth-order valence-corrected chi connectivity index (χ4v) is 0.928. The first-order chi connectivity index (χ1) is 2.93. The van der Waals surface area contributed by atoms with Gasteiger partial charge in [-0.05, 0) is 0 Å². The van der Waals surface area contributed by atoms with Crippen LogP contribution in [0.4, 0.5) is 0 Å². The van der Waals surface area contributed by atoms with Crippen LogP contribution < -0.4 is 0 Å². The minimum atomic E-state index is 0.319. The Morgan fingerprint density at radius 3 is 2.50 bits per heavy atom. The Morgan fingerprint density at radius 1 is 1.67 bits per heavy atom. The Morgan fingerprint density at radius 2 is 2.33 bits per heavy atom. The lowest BCUT2D eigenvalue weighted by Crippen LogP contribution is -2.11. The molecule has 0 aliphatic carbocycles. The van der Waals surface area contributed by atoms with Crippen LogP contribution in [0, 0.1) is 0 Å². The predicted octanol–water partition coefficient (Wildman–Crippen LogP) is -2.29. The molecule has 28 valence electrons. The molecule has 1 fully saturated rings. The lowest BCUT2D eigenvalue weighted by molar-refractivity contribution is 3.99. The number of halogens is 1. The van der Waals surface area contributed by atoms with Crippen LogP contribution in [-0.2, 0) is 0 Å². The molecule has 0 unspecified atom stereocenters. The maximum absolute atomic E-state index is 5.33. The Labute approximate surface area is 46.3 Å². The smallest absolute Gasteiger partial charge is 0.137 e. The SMILES string of the molecule is Cl[B-]B[BH-]1BB1. The van der Waals surface area contributed by atoms with Gasteiger partial charge < -0.3 is 11.5 Å². The van der Waals surface area contributed by atoms with Gasteiger partial charge in [-0.25, -0.2) is 0 Å². The molecule has 6 heavy (non-hydrogen) atoms. The third kappa shape index (κ3) is 1.38. The highest BCUT2D eigenvalue weighted by Gasteiger charge is 2.07. The van der Waals surface area contributed by atoms with Crippen molar-refractivity contribution in [1.29, 1.82) is 0 Å². The third-order valence-electron chi connectivity index (χ3n) is 1.37. The van der Waals surface area contributed by atoms with Crippen molar-refractivity contribution in [2.45, 2.75) is 0 Å². The summed E-state index contributed by atoms with van der Waals surface area (Å²) < 4.78 is 0. The highest BCUT2D eigenvalue weighted by molar-refractivity contribution is 7.98. The van der Waals surface area contributed by atoms with Gasteiger partial charge in [0, 0.05) is 0 Å². The molecule has 0 saturated carbocycles. The minimum absolute atomic E-state index is 0.319. The highest BCUT2D eigenvalue weighted by atomic mass is 35.5. The van der Waals surface area contributed by atoms with Gasteiger partial charge in [-0.2, -0.15) is 0 Å². The van der Waals surface area contributed by atoms with Crippen LogP contribution >= 0.6 is 11.5 Å². The van der Waals surface area contributed by atoms with E-state index in [1.165, 1.54) is 21.2 Å². The topological polar surface area (TPSA) is 0 Å². The molecule has 0 amide bonds. The summed E-state index contributed by atoms with van der Waals surface area (Å²) in [6.07, 6.45) is 0.319. The van der Waals surface area contributed by atoms with Crippen molar-refractivity contribution in [2.24, 2.45) is 0 Å². The summed E-state index contributed by atoms with van der Waals surface area (Å²) in [6.45, 7) is 1.77. The maximum atomic E-state index is 5.33. The molecule has 6 heteroatoms. The van der Waals surface area contributed by atoms with Crippen molar-refractivity contribution in [3.8, 4) is 0 Å². The molecular formula is H4B5Cl-2. The van der Waals surface area contributed by atoms with Crippen LogP contribution in [0.15, 0.2) is 0 Å². The van der Waals surface area contributed by atoms with E-state index in [9.17, 15) is 0 Å². The molecule has 1 rings (SSSR count). The van der Waals surface area contributed by atoms with Crippen LogP contribution in [0.1, 0.15) is 0 Å². The number of hydrogen-bond acceptors (Lipinski definition) is 0. The Hall–Kier alpha value is 0.615. The fourth-order valence-electron chi connectivity index (χ4n) is 0.620. The summed E-state index contributed by atoms with van der Waals surface area (Å²) in [7, 11) is 4.19. The lowest BCUT2D eigenvalue weighted by Gasteiger charge is -2.03. The summed E-state index contributed by atoms with van der Waals surface area (Å²) in [6, 6.07) is 0. The summed E-state index contributed by atoms with van der Waals surface area (Å²) >= 11 is 5.33. The van der Waals surface area contributed by atoms with Crippen molar-refractivity contribution in [2.75, 3.05) is 0 Å². The van der Waals surface area contributed by atoms with E-state index in [1.807, 2.05) is 0 Å². The lowest BCUT2D eigenvalue weighted by atomic mass is 9.13. The van der Waals surface area contributed by atoms with Crippen LogP contribution in [0.3, 0.4) is 0 Å². The van der Waals surface area contributed by atoms with Gasteiger partial charge >= 0.3 is 0 Å². The van der Waals surface area contributed by atoms with Crippen LogP contribution in [0.2, 0.25) is 0 Å². The Bertz CT molecular complexity index is 39.2. The molecule has 1 saturated heterocycles. The Kier molecular flexibility index (Phi) is 1.64. The molecule has 0 spiro atoms. The summed E-state index contributed by atoms with van der Waals surface area (Å²) in [5, 5.41) is 0. The van der Waals surface area contributed by atoms with Gasteiger partial charge in [0.15, 0.2) is 0 Å². The van der Waals surface area contributed by atoms with Crippen LogP contribution in [-0.4, -0.2) is 34.2 Å². The van der Waals surface area contributed by atoms with E-state index in [-0.39, 0.29) is 0 Å². The molecular weight excluding hydrogens is 89.5 g/mol. The van der Waals surface area contributed by atoms with Gasteiger partial charge in [0.1, 0.15) is 0 Å². The summed E-state index contributed by atoms with van der Waals surface area (Å²) in [5.74, 6) is 0. The van der Waals surface area contributed by atoms with Gasteiger partial charge in [-0.15, -0.1) is 20.5 Å². The predicted molar refractivity (Wildman–Crippen MR) is 40.2 cm³/mol. The fraction of sp³-hybridized carbons (Fsp3) is 0. The quantitative estimate of drug-likeness (QED) is 0.338. The second kappa shape index (κ2) is 2.06. The second-order valence-corrected chi connectivity index (χ2v) is 2.52. The van der Waals surface area contributed by atoms with Gasteiger partial charge in [0.25, 0.3) is 0 Å². The zero-order chi connectivity index (χ0) is 4.41. The molecule has 0 bridgehead atoms. The first-order valence-corrected chi connectivity index (χ1v) is 3.06. The molecule has 0 atom stereocenters. The van der Waals surface area contributed by atoms with Crippen molar-refractivity contribution in [3.63, 3.8) is 0 Å². The van der Waals surface area contributed by atoms with E-state index in [0.29, 0.717) is 6.39 Å². The molecule has 0 aromatic carbocycles. The van der Waals surface area contributed by atoms with Gasteiger partial charge in [-0.1, -0.05) is 0 Å². The molecule has 0 N–H and O–H groups in total. The number of rotatable bonds is 2. The van der Waals surface area contributed by atoms with E-state index in [2.05, 4.69) is 0 Å². The van der Waals surface area contributed by atoms with E-state index in [4.69, 9.17) is 11.5 Å². The third-order valence-corrected chi connectivity index (χ3v) is 1.59. The van der Waals surface area contributed by atoms with Gasteiger partial charge in [0.05, 0.1) is 0 Å². The second-order valence-electron chi connectivity index (χ2n) is 2.21. The molecule has 1 aliphatic rings. The molecule has 0 aromatic heterocycles. The normalized spacial score (nSPS) is 18.2. The number of hydrogen-bond donors (Lipinski definition) is 0. The van der Waals surface area contributed by atoms with E-state index in [0.717, 1.165) is 0 Å². The average molecular weight is 93.5 g/mol. The molecule has 1 heterocycles. The minimum Gasteiger partial charge on any atom is -0.485 e. The van der Waals surface area contributed by atoms with E-state index >= 15 is 0 Å². The largest absolute Gasteiger partial charge is 0.485 e. The maximum Gasteiger partial charge on any atom is -0.137 e. The average Bonchev–Trinajstić information content (AvgIpc) is 2.21. The van der Waals surface area contributed by atoms with E-state index < -0.39 is 0 Å². The van der Waals surface area contributed by atoms with Crippen molar-refractivity contribution in [1.82, 2.24) is 0 Å². The Balaban J connectivity index is 1.88. The van der Waals surface area contributed by atoms with Crippen molar-refractivity contribution < 1.29 is 0 Å². The first kappa shape index (κ1) is 4.77. The summed E-state index contributed by atoms with van der Waals surface area (Å²) in [5.41, 5.74) is 0. The summed E-state index contributed by atoms with van der Waals surface area (Å²) in [4.78, 5) is 0. The zero-order valence-corrected chi connectivity index (χ0v) is 4.54. The zero-order valence-electron chi connectivity index (χ0n) is 3.78. The van der Waals surface area contributed by atoms with Gasteiger partial charge in [0.2, 0.25) is 0 Å². The first-order valence-electron chi connectivity index (χ1n) is 2.63. The van der Waals surface area contributed by atoms with E-state index in [1.54, 1.807) is 6.59 Å². The molecule has 0 nitrogen and oxygen atoms in total. The van der Waals surface area contributed by atoms with Crippen LogP contribution in [0.5, 0.6) is 0 Å². The molecule has 1 aliphatic heterocycles. The van der Waals surface area contributed by atoms with Crippen molar-refractivity contribution in [3.05, 3.63) is 0 Å². The van der Waals surface area contributed by atoms with Crippen molar-refractivity contribution >= 4 is 45.6 Å².